The fourth-order valence-corrected chi connectivity index (χ4v) is 6.80. The maximum absolute atomic E-state index is 6.51. The molecule has 4 saturated heterocycles. The summed E-state index contributed by atoms with van der Waals surface area (Å²) in [5.74, 6) is 0. The van der Waals surface area contributed by atoms with E-state index in [9.17, 15) is 0 Å². The molecule has 44 heavy (non-hydrogen) atoms. The molecule has 0 aromatic heterocycles. The quantitative estimate of drug-likeness (QED) is 0.467. The molecule has 2 atom stereocenters. The molecule has 2 aromatic rings. The van der Waals surface area contributed by atoms with E-state index < -0.39 is 0 Å². The van der Waals surface area contributed by atoms with Crippen molar-refractivity contribution in [3.63, 3.8) is 0 Å². The fourth-order valence-electron chi connectivity index (χ4n) is 6.80. The van der Waals surface area contributed by atoms with Crippen LogP contribution < -0.4 is 21.6 Å². The molecule has 4 aliphatic heterocycles. The average molecular weight is 602 g/mol. The van der Waals surface area contributed by atoms with Crippen molar-refractivity contribution < 1.29 is 18.6 Å². The topological polar surface area (TPSA) is 67.5 Å². The summed E-state index contributed by atoms with van der Waals surface area (Å²) in [4.78, 5) is 5.19. The van der Waals surface area contributed by atoms with Gasteiger partial charge < -0.3 is 18.6 Å². The zero-order valence-corrected chi connectivity index (χ0v) is 28.1. The highest BCUT2D eigenvalue weighted by atomic mass is 16.7. The van der Waals surface area contributed by atoms with Crippen LogP contribution in [0.25, 0.3) is 0 Å². The lowest BCUT2D eigenvalue weighted by Gasteiger charge is -2.42. The van der Waals surface area contributed by atoms with E-state index in [2.05, 4.69) is 124 Å². The second-order valence-electron chi connectivity index (χ2n) is 14.9. The Morgan fingerprint density at radius 2 is 0.932 bits per heavy atom. The van der Waals surface area contributed by atoms with Crippen molar-refractivity contribution in [3.05, 3.63) is 59.7 Å². The third kappa shape index (κ3) is 6.05. The predicted octanol–water partition coefficient (Wildman–Crippen LogP) is 3.57. The van der Waals surface area contributed by atoms with Gasteiger partial charge in [-0.1, -0.05) is 48.5 Å². The van der Waals surface area contributed by atoms with Gasteiger partial charge in [0.25, 0.3) is 0 Å². The lowest BCUT2D eigenvalue weighted by atomic mass is 9.75. The van der Waals surface area contributed by atoms with Crippen LogP contribution in [0, 0.1) is 0 Å². The minimum atomic E-state index is -0.385. The van der Waals surface area contributed by atoms with Gasteiger partial charge in [-0.05, 0) is 103 Å². The highest BCUT2D eigenvalue weighted by Gasteiger charge is 2.53. The molecule has 2 unspecified atom stereocenters. The molecule has 8 nitrogen and oxygen atoms in total. The molecule has 6 rings (SSSR count). The molecule has 0 amide bonds. The number of hydrogen-bond acceptors (Lipinski definition) is 8. The standard InChI is InChI=1S/C34H52B2N4O4/c1-31(2)32(3,4)42-35(41-31)27-17-11-9-15-25(27)29-37-19-13-21-39(29)23-24-40-22-14-20-38-30(40)26-16-10-12-18-28(26)36-43-33(5,6)34(7,8)44-36/h9-12,15-18,29-30,37-38H,13-14,19-24H2,1-8H3. The first-order chi connectivity index (χ1) is 20.8. The minimum absolute atomic E-state index is 0.104. The van der Waals surface area contributed by atoms with Crippen molar-refractivity contribution in [3.8, 4) is 0 Å². The molecule has 0 bridgehead atoms. The maximum Gasteiger partial charge on any atom is 0.495 e. The third-order valence-corrected chi connectivity index (χ3v) is 10.9. The number of hydrogen-bond donors (Lipinski definition) is 2. The van der Waals surface area contributed by atoms with Crippen LogP contribution in [0.3, 0.4) is 0 Å². The van der Waals surface area contributed by atoms with Gasteiger partial charge in [0.1, 0.15) is 0 Å². The van der Waals surface area contributed by atoms with E-state index in [0.29, 0.717) is 0 Å². The van der Waals surface area contributed by atoms with Crippen LogP contribution in [0.1, 0.15) is 91.7 Å². The van der Waals surface area contributed by atoms with E-state index in [1.165, 1.54) is 11.1 Å². The lowest BCUT2D eigenvalue weighted by Crippen LogP contribution is -2.53. The summed E-state index contributed by atoms with van der Waals surface area (Å²) in [6.45, 7) is 22.9. The summed E-state index contributed by atoms with van der Waals surface area (Å²) in [6.07, 6.45) is 2.46. The summed E-state index contributed by atoms with van der Waals surface area (Å²) < 4.78 is 26.0. The number of nitrogens with zero attached hydrogens (tertiary/aromatic N) is 2. The van der Waals surface area contributed by atoms with Crippen LogP contribution in [0.2, 0.25) is 0 Å². The molecule has 0 aliphatic carbocycles. The second-order valence-corrected chi connectivity index (χ2v) is 14.9. The van der Waals surface area contributed by atoms with Gasteiger partial charge in [0, 0.05) is 26.2 Å². The summed E-state index contributed by atoms with van der Waals surface area (Å²) in [5.41, 5.74) is 3.20. The van der Waals surface area contributed by atoms with Crippen molar-refractivity contribution >= 4 is 25.2 Å². The van der Waals surface area contributed by atoms with E-state index in [0.717, 1.165) is 63.0 Å². The summed E-state index contributed by atoms with van der Waals surface area (Å²) in [5, 5.41) is 7.66. The Kier molecular flexibility index (Phi) is 8.87. The van der Waals surface area contributed by atoms with Crippen molar-refractivity contribution in [1.82, 2.24) is 20.4 Å². The Hall–Kier alpha value is -1.75. The van der Waals surface area contributed by atoms with Crippen molar-refractivity contribution in [2.24, 2.45) is 0 Å². The first kappa shape index (κ1) is 32.2. The Bertz CT molecular complexity index is 1190. The van der Waals surface area contributed by atoms with Gasteiger partial charge in [-0.3, -0.25) is 20.4 Å². The van der Waals surface area contributed by atoms with Gasteiger partial charge in [-0.15, -0.1) is 0 Å². The Labute approximate surface area is 265 Å². The largest absolute Gasteiger partial charge is 0.495 e. The van der Waals surface area contributed by atoms with E-state index >= 15 is 0 Å². The van der Waals surface area contributed by atoms with Gasteiger partial charge in [0.15, 0.2) is 0 Å². The van der Waals surface area contributed by atoms with E-state index in [4.69, 9.17) is 18.6 Å². The zero-order chi connectivity index (χ0) is 31.3. The molecular weight excluding hydrogens is 550 g/mol. The molecule has 4 fully saturated rings. The third-order valence-electron chi connectivity index (χ3n) is 10.9. The van der Waals surface area contributed by atoms with Gasteiger partial charge in [-0.25, -0.2) is 0 Å². The molecule has 0 radical (unpaired) electrons. The molecule has 2 N–H and O–H groups in total. The number of benzene rings is 2. The Morgan fingerprint density at radius 1 is 0.591 bits per heavy atom. The highest BCUT2D eigenvalue weighted by molar-refractivity contribution is 6.63. The SMILES string of the molecule is CC1(C)OB(c2ccccc2C2NCCCN2CCN2CCCNC2c2ccccc2B2OC(C)(C)C(C)(C)O2)OC1(C)C. The molecule has 0 spiro atoms. The molecule has 4 aliphatic rings. The Balaban J connectivity index is 1.20. The van der Waals surface area contributed by atoms with Crippen LogP contribution in [-0.2, 0) is 18.6 Å². The molecule has 238 valence electrons. The summed E-state index contributed by atoms with van der Waals surface area (Å²) in [6, 6.07) is 17.3. The molecular formula is C34H52B2N4O4. The van der Waals surface area contributed by atoms with Crippen molar-refractivity contribution in [2.45, 2.75) is 103 Å². The predicted molar refractivity (Wildman–Crippen MR) is 178 cm³/mol. The van der Waals surface area contributed by atoms with Crippen molar-refractivity contribution in [2.75, 3.05) is 39.3 Å². The van der Waals surface area contributed by atoms with E-state index in [-0.39, 0.29) is 49.0 Å². The van der Waals surface area contributed by atoms with Crippen LogP contribution in [0.5, 0.6) is 0 Å². The monoisotopic (exact) mass is 602 g/mol. The number of nitrogens with one attached hydrogen (secondary N) is 2. The Morgan fingerprint density at radius 3 is 1.30 bits per heavy atom. The molecule has 10 heteroatoms. The first-order valence-corrected chi connectivity index (χ1v) is 16.6. The van der Waals surface area contributed by atoms with Crippen LogP contribution in [0.15, 0.2) is 48.5 Å². The van der Waals surface area contributed by atoms with Gasteiger partial charge in [0.2, 0.25) is 0 Å². The van der Waals surface area contributed by atoms with Crippen molar-refractivity contribution in [1.29, 1.82) is 0 Å². The van der Waals surface area contributed by atoms with Crippen LogP contribution in [0.4, 0.5) is 0 Å². The average Bonchev–Trinajstić information content (AvgIpc) is 3.35. The number of rotatable bonds is 7. The zero-order valence-electron chi connectivity index (χ0n) is 28.1. The second kappa shape index (κ2) is 12.1. The van der Waals surface area contributed by atoms with E-state index in [1.807, 2.05) is 0 Å². The highest BCUT2D eigenvalue weighted by Crippen LogP contribution is 2.38. The minimum Gasteiger partial charge on any atom is -0.399 e. The molecule has 4 heterocycles. The van der Waals surface area contributed by atoms with Crippen LogP contribution in [-0.4, -0.2) is 85.7 Å². The summed E-state index contributed by atoms with van der Waals surface area (Å²) >= 11 is 0. The summed E-state index contributed by atoms with van der Waals surface area (Å²) in [7, 11) is -0.770. The molecule has 0 saturated carbocycles. The first-order valence-electron chi connectivity index (χ1n) is 16.6. The van der Waals surface area contributed by atoms with Gasteiger partial charge in [0.05, 0.1) is 34.7 Å². The van der Waals surface area contributed by atoms with Gasteiger partial charge >= 0.3 is 14.2 Å². The fraction of sp³-hybridized carbons (Fsp3) is 0.647. The van der Waals surface area contributed by atoms with Crippen LogP contribution >= 0.6 is 0 Å². The normalized spacial score (nSPS) is 28.5. The smallest absolute Gasteiger partial charge is 0.399 e. The van der Waals surface area contributed by atoms with Gasteiger partial charge in [-0.2, -0.15) is 0 Å². The van der Waals surface area contributed by atoms with E-state index in [1.54, 1.807) is 0 Å². The lowest BCUT2D eigenvalue weighted by molar-refractivity contribution is 0.00578. The molecule has 2 aromatic carbocycles. The maximum atomic E-state index is 6.51.